The van der Waals surface area contributed by atoms with Crippen LogP contribution in [0.15, 0.2) is 212 Å². The van der Waals surface area contributed by atoms with Crippen LogP contribution in [0.1, 0.15) is 0 Å². The second-order valence-electron chi connectivity index (χ2n) is 13.7. The molecule has 0 radical (unpaired) electrons. The van der Waals surface area contributed by atoms with Gasteiger partial charge < -0.3 is 4.90 Å². The lowest BCUT2D eigenvalue weighted by molar-refractivity contribution is 1.29. The maximum absolute atomic E-state index is 2.47. The Morgan fingerprint density at radius 2 is 0.698 bits per heavy atom. The normalized spacial score (nSPS) is 11.4. The van der Waals surface area contributed by atoms with Crippen LogP contribution in [0.2, 0.25) is 0 Å². The van der Waals surface area contributed by atoms with Gasteiger partial charge in [0.15, 0.2) is 0 Å². The minimum absolute atomic E-state index is 1.11. The maximum atomic E-state index is 2.47. The zero-order valence-electron chi connectivity index (χ0n) is 29.2. The molecule has 0 aliphatic heterocycles. The van der Waals surface area contributed by atoms with Crippen LogP contribution in [0.3, 0.4) is 0 Å². The fourth-order valence-electron chi connectivity index (χ4n) is 8.14. The molecule has 0 aromatic heterocycles. The van der Waals surface area contributed by atoms with E-state index in [9.17, 15) is 0 Å². The summed E-state index contributed by atoms with van der Waals surface area (Å²) >= 11 is 0. The van der Waals surface area contributed by atoms with Crippen LogP contribution in [0.4, 0.5) is 17.1 Å². The largest absolute Gasteiger partial charge is 0.310 e. The Balaban J connectivity index is 1.28. The molecule has 1 nitrogen and oxygen atoms in total. The van der Waals surface area contributed by atoms with Crippen molar-refractivity contribution in [3.8, 4) is 33.4 Å². The summed E-state index contributed by atoms with van der Waals surface area (Å²) in [7, 11) is 0. The van der Waals surface area contributed by atoms with Crippen molar-refractivity contribution in [1.82, 2.24) is 0 Å². The van der Waals surface area contributed by atoms with Crippen LogP contribution in [0, 0.1) is 0 Å². The van der Waals surface area contributed by atoms with Gasteiger partial charge in [-0.15, -0.1) is 0 Å². The molecule has 1 heteroatoms. The lowest BCUT2D eigenvalue weighted by Gasteiger charge is -2.30. The van der Waals surface area contributed by atoms with Crippen LogP contribution in [0.25, 0.3) is 76.5 Å². The van der Waals surface area contributed by atoms with Crippen LogP contribution < -0.4 is 4.90 Å². The minimum atomic E-state index is 1.11. The molecule has 10 aromatic carbocycles. The molecule has 0 saturated carbocycles. The molecule has 248 valence electrons. The lowest BCUT2D eigenvalue weighted by Crippen LogP contribution is -2.12. The fraction of sp³-hybridized carbons (Fsp3) is 0. The lowest BCUT2D eigenvalue weighted by atomic mass is 9.87. The predicted octanol–water partition coefficient (Wildman–Crippen LogP) is 14.8. The van der Waals surface area contributed by atoms with Gasteiger partial charge in [0.25, 0.3) is 0 Å². The molecular weight excluding hydrogens is 639 g/mol. The first-order chi connectivity index (χ1) is 26.3. The molecule has 0 fully saturated rings. The van der Waals surface area contributed by atoms with E-state index in [4.69, 9.17) is 0 Å². The Bertz CT molecular complexity index is 2820. The van der Waals surface area contributed by atoms with Gasteiger partial charge in [0, 0.05) is 16.9 Å². The Labute approximate surface area is 309 Å². The van der Waals surface area contributed by atoms with Gasteiger partial charge in [-0.2, -0.15) is 0 Å². The molecule has 0 unspecified atom stereocenters. The molecule has 0 spiro atoms. The summed E-state index contributed by atoms with van der Waals surface area (Å²) in [5.41, 5.74) is 10.5. The van der Waals surface area contributed by atoms with Gasteiger partial charge in [0.2, 0.25) is 0 Å². The van der Waals surface area contributed by atoms with Gasteiger partial charge in [-0.1, -0.05) is 182 Å². The molecule has 10 rings (SSSR count). The Kier molecular flexibility index (Phi) is 7.55. The van der Waals surface area contributed by atoms with Crippen molar-refractivity contribution in [2.75, 3.05) is 4.90 Å². The molecule has 0 aliphatic rings. The summed E-state index contributed by atoms with van der Waals surface area (Å²) in [5.74, 6) is 0. The number of nitrogens with zero attached hydrogens (tertiary/aromatic N) is 1. The number of benzene rings is 10. The minimum Gasteiger partial charge on any atom is -0.310 e. The van der Waals surface area contributed by atoms with E-state index in [-0.39, 0.29) is 0 Å². The number of hydrogen-bond donors (Lipinski definition) is 0. The van der Waals surface area contributed by atoms with Crippen LogP contribution in [-0.4, -0.2) is 0 Å². The van der Waals surface area contributed by atoms with Crippen molar-refractivity contribution in [1.29, 1.82) is 0 Å². The van der Waals surface area contributed by atoms with E-state index in [0.29, 0.717) is 0 Å². The van der Waals surface area contributed by atoms with Gasteiger partial charge in [0.05, 0.1) is 5.69 Å². The van der Waals surface area contributed by atoms with Crippen molar-refractivity contribution in [3.63, 3.8) is 0 Å². The Morgan fingerprint density at radius 3 is 1.28 bits per heavy atom. The first kappa shape index (κ1) is 30.8. The molecule has 53 heavy (non-hydrogen) atoms. The highest BCUT2D eigenvalue weighted by atomic mass is 15.1. The zero-order chi connectivity index (χ0) is 35.1. The quantitative estimate of drug-likeness (QED) is 0.159. The third-order valence-electron chi connectivity index (χ3n) is 10.6. The summed E-state index contributed by atoms with van der Waals surface area (Å²) in [6.45, 7) is 0. The zero-order valence-corrected chi connectivity index (χ0v) is 29.2. The smallest absolute Gasteiger partial charge is 0.0546 e. The average Bonchev–Trinajstić information content (AvgIpc) is 3.24. The first-order valence-electron chi connectivity index (χ1n) is 18.3. The molecule has 0 aliphatic carbocycles. The van der Waals surface area contributed by atoms with Gasteiger partial charge in [-0.05, 0) is 101 Å². The Hall–Kier alpha value is -6.96. The summed E-state index contributed by atoms with van der Waals surface area (Å²) < 4.78 is 0. The topological polar surface area (TPSA) is 3.24 Å². The van der Waals surface area contributed by atoms with Crippen molar-refractivity contribution < 1.29 is 0 Å². The molecule has 0 amide bonds. The number of fused-ring (bicyclic) bond motifs is 6. The third-order valence-corrected chi connectivity index (χ3v) is 10.6. The van der Waals surface area contributed by atoms with E-state index in [1.54, 1.807) is 0 Å². The Morgan fingerprint density at radius 1 is 0.264 bits per heavy atom. The first-order valence-corrected chi connectivity index (χ1v) is 18.3. The van der Waals surface area contributed by atoms with Crippen molar-refractivity contribution in [2.45, 2.75) is 0 Å². The van der Waals surface area contributed by atoms with Crippen LogP contribution >= 0.6 is 0 Å². The van der Waals surface area contributed by atoms with E-state index in [1.807, 2.05) is 0 Å². The molecular formula is C52H35N. The highest BCUT2D eigenvalue weighted by molar-refractivity contribution is 6.11. The highest BCUT2D eigenvalue weighted by Crippen LogP contribution is 2.49. The van der Waals surface area contributed by atoms with E-state index < -0.39 is 0 Å². The SMILES string of the molecule is c1ccc(-c2ccccc2-c2c(-c3ccccc3)cccc2N(c2ccc3c(ccc4ccccc43)c2)c2ccc3c(ccc4ccccc43)c2)cc1. The van der Waals surface area contributed by atoms with Crippen molar-refractivity contribution in [3.05, 3.63) is 212 Å². The highest BCUT2D eigenvalue weighted by Gasteiger charge is 2.23. The second kappa shape index (κ2) is 13.0. The van der Waals surface area contributed by atoms with E-state index in [1.165, 1.54) is 76.5 Å². The van der Waals surface area contributed by atoms with Crippen molar-refractivity contribution in [2.24, 2.45) is 0 Å². The molecule has 0 heterocycles. The van der Waals surface area contributed by atoms with E-state index in [2.05, 4.69) is 217 Å². The van der Waals surface area contributed by atoms with Gasteiger partial charge in [-0.3, -0.25) is 0 Å². The van der Waals surface area contributed by atoms with Gasteiger partial charge >= 0.3 is 0 Å². The van der Waals surface area contributed by atoms with E-state index in [0.717, 1.165) is 17.1 Å². The standard InChI is InChI=1S/C52H35N/c1-3-14-36(15-4-1)46-22-11-12-23-50(46)52-49(37-16-5-2-6-17-37)24-13-25-51(52)53(42-30-32-47-40(34-42)28-26-38-18-7-9-20-44(38)47)43-31-33-48-41(35-43)29-27-39-19-8-10-21-45(39)48/h1-35H. The number of anilines is 3. The maximum Gasteiger partial charge on any atom is 0.0546 e. The summed E-state index contributed by atoms with van der Waals surface area (Å²) in [6, 6.07) is 77.4. The monoisotopic (exact) mass is 673 g/mol. The molecule has 0 N–H and O–H groups in total. The van der Waals surface area contributed by atoms with Gasteiger partial charge in [0.1, 0.15) is 0 Å². The summed E-state index contributed by atoms with van der Waals surface area (Å²) in [5, 5.41) is 9.97. The van der Waals surface area contributed by atoms with E-state index >= 15 is 0 Å². The molecule has 0 saturated heterocycles. The second-order valence-corrected chi connectivity index (χ2v) is 13.7. The third kappa shape index (κ3) is 5.42. The average molecular weight is 674 g/mol. The molecule has 0 atom stereocenters. The fourth-order valence-corrected chi connectivity index (χ4v) is 8.14. The molecule has 0 bridgehead atoms. The number of hydrogen-bond acceptors (Lipinski definition) is 1. The number of rotatable bonds is 6. The van der Waals surface area contributed by atoms with Crippen molar-refractivity contribution >= 4 is 60.2 Å². The van der Waals surface area contributed by atoms with Crippen LogP contribution in [0.5, 0.6) is 0 Å². The van der Waals surface area contributed by atoms with Crippen LogP contribution in [-0.2, 0) is 0 Å². The molecule has 10 aromatic rings. The summed E-state index contributed by atoms with van der Waals surface area (Å²) in [6.07, 6.45) is 0. The summed E-state index contributed by atoms with van der Waals surface area (Å²) in [4.78, 5) is 2.47. The predicted molar refractivity (Wildman–Crippen MR) is 227 cm³/mol. The van der Waals surface area contributed by atoms with Gasteiger partial charge in [-0.25, -0.2) is 0 Å².